The van der Waals surface area contributed by atoms with Crippen molar-refractivity contribution in [3.63, 3.8) is 0 Å². The molecule has 11 heavy (non-hydrogen) atoms. The summed E-state index contributed by atoms with van der Waals surface area (Å²) in [5.74, 6) is 0. The first-order valence-electron chi connectivity index (χ1n) is 3.24. The summed E-state index contributed by atoms with van der Waals surface area (Å²) in [7, 11) is 0. The van der Waals surface area contributed by atoms with Crippen molar-refractivity contribution in [2.75, 3.05) is 0 Å². The van der Waals surface area contributed by atoms with Gasteiger partial charge >= 0.3 is 0 Å². The largest absolute Gasteiger partial charge is 0.303 e. The summed E-state index contributed by atoms with van der Waals surface area (Å²) < 4.78 is 0. The minimum Gasteiger partial charge on any atom is -0.303 e. The fraction of sp³-hybridized carbons (Fsp3) is 0.125. The highest BCUT2D eigenvalue weighted by Crippen LogP contribution is 2.07. The van der Waals surface area contributed by atoms with E-state index >= 15 is 0 Å². The third-order valence-electron chi connectivity index (χ3n) is 1.40. The van der Waals surface area contributed by atoms with Crippen molar-refractivity contribution >= 4 is 17.7 Å². The Balaban J connectivity index is 2.79. The van der Waals surface area contributed by atoms with Crippen molar-refractivity contribution < 1.29 is 4.79 Å². The second-order valence-corrected chi connectivity index (χ2v) is 2.25. The quantitative estimate of drug-likeness (QED) is 0.447. The lowest BCUT2D eigenvalue weighted by atomic mass is 10.0. The molecule has 0 aliphatic heterocycles. The Morgan fingerprint density at radius 2 is 2.00 bits per heavy atom. The molecule has 2 N–H and O–H groups in total. The van der Waals surface area contributed by atoms with E-state index in [4.69, 9.17) is 10.8 Å². The lowest BCUT2D eigenvalue weighted by Crippen LogP contribution is -2.10. The van der Waals surface area contributed by atoms with Crippen LogP contribution in [0.15, 0.2) is 23.8 Å². The fourth-order valence-electron chi connectivity index (χ4n) is 0.815. The van der Waals surface area contributed by atoms with Gasteiger partial charge in [0.1, 0.15) is 6.29 Å². The topological polar surface area (TPSA) is 64.8 Å². The molecule has 0 aromatic heterocycles. The first-order chi connectivity index (χ1) is 5.24. The maximum atomic E-state index is 10.1. The van der Waals surface area contributed by atoms with Crippen LogP contribution in [-0.2, 0) is 4.79 Å². The molecule has 0 saturated carbocycles. The molecule has 0 bridgehead atoms. The molecule has 1 aliphatic rings. The number of allylic oxidation sites excluding steroid dienone is 4. The zero-order chi connectivity index (χ0) is 8.27. The molecule has 0 radical (unpaired) electrons. The lowest BCUT2D eigenvalue weighted by molar-refractivity contribution is -0.107. The Bertz CT molecular complexity index is 274. The van der Waals surface area contributed by atoms with Gasteiger partial charge in [-0.05, 0) is 17.7 Å². The van der Waals surface area contributed by atoms with E-state index in [0.717, 1.165) is 11.9 Å². The van der Waals surface area contributed by atoms with Gasteiger partial charge in [-0.2, -0.15) is 0 Å². The molecule has 0 amide bonds. The summed E-state index contributed by atoms with van der Waals surface area (Å²) in [6, 6.07) is 0. The number of hydrogen-bond donors (Lipinski definition) is 2. The molecule has 0 atom stereocenters. The van der Waals surface area contributed by atoms with Gasteiger partial charge in [0, 0.05) is 6.42 Å². The second-order valence-electron chi connectivity index (χ2n) is 2.25. The minimum atomic E-state index is 0.171. The molecule has 0 saturated heterocycles. The van der Waals surface area contributed by atoms with Crippen LogP contribution >= 0.6 is 0 Å². The van der Waals surface area contributed by atoms with Crippen molar-refractivity contribution in [1.29, 1.82) is 10.8 Å². The number of rotatable bonds is 2. The molecular formula is C8H8N2O. The Morgan fingerprint density at radius 3 is 2.55 bits per heavy atom. The van der Waals surface area contributed by atoms with Gasteiger partial charge < -0.3 is 4.79 Å². The van der Waals surface area contributed by atoms with Crippen molar-refractivity contribution in [2.24, 2.45) is 0 Å². The highest BCUT2D eigenvalue weighted by molar-refractivity contribution is 6.49. The first kappa shape index (κ1) is 7.60. The zero-order valence-electron chi connectivity index (χ0n) is 5.92. The van der Waals surface area contributed by atoms with E-state index in [0.29, 0.717) is 6.42 Å². The van der Waals surface area contributed by atoms with Gasteiger partial charge in [-0.1, -0.05) is 6.08 Å². The van der Waals surface area contributed by atoms with Crippen LogP contribution < -0.4 is 0 Å². The molecule has 0 aromatic rings. The van der Waals surface area contributed by atoms with Crippen LogP contribution in [0, 0.1) is 10.8 Å². The standard InChI is InChI=1S/C8H8N2O/c9-7-2-1-6(3-4-11)5-8(7)10/h1-2,4-5,9-10H,3H2. The molecule has 0 fully saturated rings. The van der Waals surface area contributed by atoms with Crippen LogP contribution in [0.3, 0.4) is 0 Å². The molecule has 0 heterocycles. The van der Waals surface area contributed by atoms with Crippen LogP contribution in [0.25, 0.3) is 0 Å². The summed E-state index contributed by atoms with van der Waals surface area (Å²) in [5, 5.41) is 14.4. The van der Waals surface area contributed by atoms with Crippen LogP contribution in [0.5, 0.6) is 0 Å². The van der Waals surface area contributed by atoms with Gasteiger partial charge in [0.05, 0.1) is 11.4 Å². The molecule has 3 heteroatoms. The van der Waals surface area contributed by atoms with Crippen molar-refractivity contribution in [3.05, 3.63) is 23.8 Å². The molecule has 56 valence electrons. The molecule has 0 spiro atoms. The highest BCUT2D eigenvalue weighted by Gasteiger charge is 2.05. The summed E-state index contributed by atoms with van der Waals surface area (Å²) in [6.07, 6.45) is 5.87. The summed E-state index contributed by atoms with van der Waals surface area (Å²) in [6.45, 7) is 0. The van der Waals surface area contributed by atoms with Crippen LogP contribution in [0.1, 0.15) is 6.42 Å². The maximum absolute atomic E-state index is 10.1. The van der Waals surface area contributed by atoms with Crippen LogP contribution in [0.4, 0.5) is 0 Å². The Labute approximate surface area is 64.4 Å². The average Bonchev–Trinajstić information content (AvgIpc) is 1.98. The van der Waals surface area contributed by atoms with Gasteiger partial charge in [-0.3, -0.25) is 10.8 Å². The predicted molar refractivity (Wildman–Crippen MR) is 43.4 cm³/mol. The van der Waals surface area contributed by atoms with Crippen molar-refractivity contribution in [3.8, 4) is 0 Å². The SMILES string of the molecule is N=C1C=CC(CC=O)=CC1=N. The normalized spacial score (nSPS) is 16.5. The van der Waals surface area contributed by atoms with E-state index in [9.17, 15) is 4.79 Å². The third kappa shape index (κ3) is 1.70. The maximum Gasteiger partial charge on any atom is 0.124 e. The van der Waals surface area contributed by atoms with E-state index in [1.54, 1.807) is 6.08 Å². The van der Waals surface area contributed by atoms with E-state index in [2.05, 4.69) is 0 Å². The monoisotopic (exact) mass is 148 g/mol. The van der Waals surface area contributed by atoms with Crippen LogP contribution in [-0.4, -0.2) is 17.7 Å². The lowest BCUT2D eigenvalue weighted by Gasteiger charge is -2.04. The third-order valence-corrected chi connectivity index (χ3v) is 1.40. The average molecular weight is 148 g/mol. The number of carbonyl (C=O) groups is 1. The van der Waals surface area contributed by atoms with Gasteiger partial charge in [0.25, 0.3) is 0 Å². The number of carbonyl (C=O) groups excluding carboxylic acids is 1. The van der Waals surface area contributed by atoms with Gasteiger partial charge in [0.2, 0.25) is 0 Å². The van der Waals surface area contributed by atoms with Gasteiger partial charge in [0.15, 0.2) is 0 Å². The Morgan fingerprint density at radius 1 is 1.27 bits per heavy atom. The predicted octanol–water partition coefficient (Wildman–Crippen LogP) is 1.11. The van der Waals surface area contributed by atoms with E-state index < -0.39 is 0 Å². The number of hydrogen-bond acceptors (Lipinski definition) is 3. The molecule has 1 aliphatic carbocycles. The number of nitrogens with one attached hydrogen (secondary N) is 2. The smallest absolute Gasteiger partial charge is 0.124 e. The Kier molecular flexibility index (Phi) is 2.11. The van der Waals surface area contributed by atoms with Crippen molar-refractivity contribution in [1.82, 2.24) is 0 Å². The molecule has 3 nitrogen and oxygen atoms in total. The van der Waals surface area contributed by atoms with E-state index in [1.807, 2.05) is 0 Å². The fourth-order valence-corrected chi connectivity index (χ4v) is 0.815. The second kappa shape index (κ2) is 3.05. The van der Waals surface area contributed by atoms with Crippen molar-refractivity contribution in [2.45, 2.75) is 6.42 Å². The first-order valence-corrected chi connectivity index (χ1v) is 3.24. The zero-order valence-corrected chi connectivity index (χ0v) is 5.92. The summed E-state index contributed by atoms with van der Waals surface area (Å²) >= 11 is 0. The number of aldehydes is 1. The molecule has 1 rings (SSSR count). The van der Waals surface area contributed by atoms with Gasteiger partial charge in [-0.25, -0.2) is 0 Å². The van der Waals surface area contributed by atoms with Gasteiger partial charge in [-0.15, -0.1) is 0 Å². The molecule has 0 aromatic carbocycles. The van der Waals surface area contributed by atoms with E-state index in [1.165, 1.54) is 12.2 Å². The highest BCUT2D eigenvalue weighted by atomic mass is 16.1. The minimum absolute atomic E-state index is 0.171. The molecule has 0 unspecified atom stereocenters. The van der Waals surface area contributed by atoms with E-state index in [-0.39, 0.29) is 11.4 Å². The Hall–Kier alpha value is -1.51. The summed E-state index contributed by atoms with van der Waals surface area (Å²) in [5.41, 5.74) is 1.16. The summed E-state index contributed by atoms with van der Waals surface area (Å²) in [4.78, 5) is 10.1. The molecular weight excluding hydrogens is 140 g/mol. The van der Waals surface area contributed by atoms with Crippen LogP contribution in [0.2, 0.25) is 0 Å².